The van der Waals surface area contributed by atoms with E-state index in [0.29, 0.717) is 12.1 Å². The molecular formula is C18H27NO2S. The van der Waals surface area contributed by atoms with E-state index in [1.807, 2.05) is 0 Å². The Morgan fingerprint density at radius 2 is 1.86 bits per heavy atom. The second-order valence-corrected chi connectivity index (χ2v) is 7.38. The van der Waals surface area contributed by atoms with Gasteiger partial charge in [0.05, 0.1) is 12.7 Å². The van der Waals surface area contributed by atoms with Gasteiger partial charge in [0.2, 0.25) is 0 Å². The highest BCUT2D eigenvalue weighted by Gasteiger charge is 2.14. The molecule has 2 fully saturated rings. The molecule has 22 heavy (non-hydrogen) atoms. The van der Waals surface area contributed by atoms with Crippen LogP contribution in [0.25, 0.3) is 0 Å². The number of hydrogen-bond acceptors (Lipinski definition) is 4. The van der Waals surface area contributed by atoms with Gasteiger partial charge < -0.3 is 14.8 Å². The maximum atomic E-state index is 5.97. The van der Waals surface area contributed by atoms with Crippen LogP contribution >= 0.6 is 11.8 Å². The van der Waals surface area contributed by atoms with E-state index >= 15 is 0 Å². The lowest BCUT2D eigenvalue weighted by atomic mass is 10.1. The summed E-state index contributed by atoms with van der Waals surface area (Å²) in [5.41, 5.74) is 2.63. The van der Waals surface area contributed by atoms with Gasteiger partial charge in [0, 0.05) is 31.6 Å². The molecule has 2 heterocycles. The molecule has 2 aliphatic heterocycles. The van der Waals surface area contributed by atoms with Gasteiger partial charge in [-0.2, -0.15) is 11.8 Å². The van der Waals surface area contributed by atoms with E-state index < -0.39 is 0 Å². The second kappa shape index (κ2) is 8.92. The minimum Gasteiger partial charge on any atom is -0.381 e. The van der Waals surface area contributed by atoms with Gasteiger partial charge in [-0.1, -0.05) is 24.3 Å². The first-order valence-electron chi connectivity index (χ1n) is 8.48. The molecule has 1 N–H and O–H groups in total. The molecule has 0 saturated carbocycles. The molecular weight excluding hydrogens is 294 g/mol. The van der Waals surface area contributed by atoms with Crippen molar-refractivity contribution in [2.24, 2.45) is 0 Å². The molecule has 1 atom stereocenters. The smallest absolute Gasteiger partial charge is 0.0720 e. The first-order chi connectivity index (χ1) is 10.9. The van der Waals surface area contributed by atoms with Crippen molar-refractivity contribution < 1.29 is 9.47 Å². The van der Waals surface area contributed by atoms with E-state index in [4.69, 9.17) is 9.47 Å². The van der Waals surface area contributed by atoms with E-state index in [2.05, 4.69) is 41.3 Å². The fourth-order valence-electron chi connectivity index (χ4n) is 2.97. The van der Waals surface area contributed by atoms with Gasteiger partial charge in [-0.05, 0) is 42.6 Å². The minimum absolute atomic E-state index is 0.374. The lowest BCUT2D eigenvalue weighted by molar-refractivity contribution is -0.0390. The topological polar surface area (TPSA) is 30.5 Å². The summed E-state index contributed by atoms with van der Waals surface area (Å²) in [7, 11) is 0. The van der Waals surface area contributed by atoms with Crippen LogP contribution in [0, 0.1) is 0 Å². The zero-order valence-electron chi connectivity index (χ0n) is 13.3. The van der Waals surface area contributed by atoms with Crippen LogP contribution in [0.3, 0.4) is 0 Å². The molecule has 0 aromatic heterocycles. The summed E-state index contributed by atoms with van der Waals surface area (Å²) in [6.07, 6.45) is 5.11. The van der Waals surface area contributed by atoms with Crippen molar-refractivity contribution in [3.63, 3.8) is 0 Å². The van der Waals surface area contributed by atoms with Crippen LogP contribution in [0.2, 0.25) is 0 Å². The third-order valence-corrected chi connectivity index (χ3v) is 5.65. The summed E-state index contributed by atoms with van der Waals surface area (Å²) >= 11 is 2.07. The Balaban J connectivity index is 1.39. The maximum Gasteiger partial charge on any atom is 0.0720 e. The normalized spacial score (nSPS) is 23.5. The molecule has 2 saturated heterocycles. The molecule has 1 aromatic rings. The van der Waals surface area contributed by atoms with Gasteiger partial charge in [0.1, 0.15) is 0 Å². The Hall–Kier alpha value is -0.550. The van der Waals surface area contributed by atoms with Crippen LogP contribution in [0.5, 0.6) is 0 Å². The first-order valence-corrected chi connectivity index (χ1v) is 9.64. The van der Waals surface area contributed by atoms with Gasteiger partial charge >= 0.3 is 0 Å². The molecule has 0 amide bonds. The van der Waals surface area contributed by atoms with Crippen molar-refractivity contribution in [3.05, 3.63) is 35.4 Å². The molecule has 1 aromatic carbocycles. The second-order valence-electron chi connectivity index (χ2n) is 6.23. The number of nitrogens with one attached hydrogen (secondary N) is 1. The van der Waals surface area contributed by atoms with Crippen molar-refractivity contribution in [2.75, 3.05) is 24.7 Å². The van der Waals surface area contributed by atoms with Crippen LogP contribution in [0.1, 0.15) is 36.8 Å². The van der Waals surface area contributed by atoms with Crippen LogP contribution < -0.4 is 5.32 Å². The summed E-state index contributed by atoms with van der Waals surface area (Å²) in [5, 5.41) is 3.68. The fraction of sp³-hybridized carbons (Fsp3) is 0.667. The summed E-state index contributed by atoms with van der Waals surface area (Å²) < 4.78 is 11.3. The monoisotopic (exact) mass is 321 g/mol. The number of ether oxygens (including phenoxy) is 2. The van der Waals surface area contributed by atoms with Gasteiger partial charge in [-0.15, -0.1) is 0 Å². The maximum absolute atomic E-state index is 5.97. The number of thioether (sulfide) groups is 1. The predicted octanol–water partition coefficient (Wildman–Crippen LogP) is 3.37. The van der Waals surface area contributed by atoms with Crippen LogP contribution in [-0.4, -0.2) is 36.9 Å². The van der Waals surface area contributed by atoms with E-state index in [0.717, 1.165) is 39.2 Å². The third-order valence-electron chi connectivity index (χ3n) is 4.43. The van der Waals surface area contributed by atoms with Crippen LogP contribution in [0.15, 0.2) is 24.3 Å². The average Bonchev–Trinajstić information content (AvgIpc) is 2.61. The Labute approximate surface area is 138 Å². The zero-order valence-corrected chi connectivity index (χ0v) is 14.1. The first kappa shape index (κ1) is 16.3. The van der Waals surface area contributed by atoms with Gasteiger partial charge in [0.15, 0.2) is 0 Å². The predicted molar refractivity (Wildman–Crippen MR) is 92.3 cm³/mol. The molecule has 1 unspecified atom stereocenters. The third kappa shape index (κ3) is 5.27. The lowest BCUT2D eigenvalue weighted by Gasteiger charge is -2.23. The Morgan fingerprint density at radius 1 is 1.09 bits per heavy atom. The Morgan fingerprint density at radius 3 is 2.59 bits per heavy atom. The van der Waals surface area contributed by atoms with Crippen molar-refractivity contribution in [3.8, 4) is 0 Å². The summed E-state index contributed by atoms with van der Waals surface area (Å²) in [6, 6.07) is 9.55. The SMILES string of the molecule is c1cc(COC2CCOCC2)ccc1CNC1CCCSC1. The highest BCUT2D eigenvalue weighted by molar-refractivity contribution is 7.99. The molecule has 122 valence electrons. The Kier molecular flexibility index (Phi) is 6.61. The van der Waals surface area contributed by atoms with Gasteiger partial charge in [-0.25, -0.2) is 0 Å². The molecule has 2 aliphatic rings. The summed E-state index contributed by atoms with van der Waals surface area (Å²) in [4.78, 5) is 0. The fourth-order valence-corrected chi connectivity index (χ4v) is 4.08. The molecule has 3 rings (SSSR count). The average molecular weight is 321 g/mol. The van der Waals surface area contributed by atoms with Crippen molar-refractivity contribution in [2.45, 2.75) is 51.0 Å². The van der Waals surface area contributed by atoms with E-state index in [1.165, 1.54) is 35.5 Å². The lowest BCUT2D eigenvalue weighted by Crippen LogP contribution is -2.33. The summed E-state index contributed by atoms with van der Waals surface area (Å²) in [5.74, 6) is 2.59. The van der Waals surface area contributed by atoms with E-state index in [9.17, 15) is 0 Å². The summed E-state index contributed by atoms with van der Waals surface area (Å²) in [6.45, 7) is 3.38. The number of rotatable bonds is 6. The van der Waals surface area contributed by atoms with Gasteiger partial charge in [-0.3, -0.25) is 0 Å². The van der Waals surface area contributed by atoms with E-state index in [1.54, 1.807) is 0 Å². The highest BCUT2D eigenvalue weighted by Crippen LogP contribution is 2.18. The standard InChI is InChI=1S/C18H27NO2S/c1-2-17(14-22-11-1)19-12-15-3-5-16(6-4-15)13-21-18-7-9-20-10-8-18/h3-6,17-19H,1-2,7-14H2. The highest BCUT2D eigenvalue weighted by atomic mass is 32.2. The Bertz CT molecular complexity index is 384. The number of hydrogen-bond donors (Lipinski definition) is 1. The zero-order chi connectivity index (χ0) is 15.0. The molecule has 0 radical (unpaired) electrons. The number of benzene rings is 1. The largest absolute Gasteiger partial charge is 0.381 e. The quantitative estimate of drug-likeness (QED) is 0.870. The molecule has 3 nitrogen and oxygen atoms in total. The minimum atomic E-state index is 0.374. The molecule has 4 heteroatoms. The molecule has 0 bridgehead atoms. The van der Waals surface area contributed by atoms with Crippen molar-refractivity contribution >= 4 is 11.8 Å². The van der Waals surface area contributed by atoms with Crippen LogP contribution in [0.4, 0.5) is 0 Å². The van der Waals surface area contributed by atoms with E-state index in [-0.39, 0.29) is 0 Å². The van der Waals surface area contributed by atoms with Crippen molar-refractivity contribution in [1.82, 2.24) is 5.32 Å². The van der Waals surface area contributed by atoms with Crippen LogP contribution in [-0.2, 0) is 22.6 Å². The van der Waals surface area contributed by atoms with Crippen molar-refractivity contribution in [1.29, 1.82) is 0 Å². The molecule has 0 aliphatic carbocycles. The van der Waals surface area contributed by atoms with Gasteiger partial charge in [0.25, 0.3) is 0 Å². The molecule has 0 spiro atoms.